The average Bonchev–Trinajstić information content (AvgIpc) is 3.00. The Balaban J connectivity index is 1.52. The minimum atomic E-state index is 0.849. The quantitative estimate of drug-likeness (QED) is 0.900. The van der Waals surface area contributed by atoms with E-state index in [0.29, 0.717) is 0 Å². The van der Waals surface area contributed by atoms with Crippen LogP contribution in [0.3, 0.4) is 0 Å². The first kappa shape index (κ1) is 12.8. The molecule has 0 spiro atoms. The van der Waals surface area contributed by atoms with Crippen LogP contribution in [0.5, 0.6) is 0 Å². The van der Waals surface area contributed by atoms with Gasteiger partial charge in [-0.05, 0) is 43.0 Å². The molecule has 1 heterocycles. The van der Waals surface area contributed by atoms with Crippen molar-refractivity contribution in [3.63, 3.8) is 0 Å². The summed E-state index contributed by atoms with van der Waals surface area (Å²) in [5.41, 5.74) is 2.57. The number of rotatable bonds is 4. The monoisotopic (exact) mass is 260 g/mol. The highest BCUT2D eigenvalue weighted by Crippen LogP contribution is 2.25. The van der Waals surface area contributed by atoms with E-state index < -0.39 is 0 Å². The Morgan fingerprint density at radius 2 is 1.74 bits per heavy atom. The molecule has 0 atom stereocenters. The molecule has 3 rings (SSSR count). The van der Waals surface area contributed by atoms with Gasteiger partial charge in [0.2, 0.25) is 0 Å². The summed E-state index contributed by atoms with van der Waals surface area (Å²) < 4.78 is 5.39. The van der Waals surface area contributed by atoms with Crippen LogP contribution in [0, 0.1) is 5.92 Å². The summed E-state index contributed by atoms with van der Waals surface area (Å²) in [7, 11) is 0. The number of anilines is 2. The lowest BCUT2D eigenvalue weighted by Crippen LogP contribution is -2.36. The third kappa shape index (κ3) is 3.41. The molecule has 3 nitrogen and oxygen atoms in total. The SMILES string of the molecule is c1cc(N2CCOCC2)ccc1NCC1CCCC1. The van der Waals surface area contributed by atoms with Crippen LogP contribution < -0.4 is 10.2 Å². The lowest BCUT2D eigenvalue weighted by atomic mass is 10.1. The van der Waals surface area contributed by atoms with Gasteiger partial charge < -0.3 is 15.0 Å². The summed E-state index contributed by atoms with van der Waals surface area (Å²) in [5.74, 6) is 0.888. The molecule has 0 unspecified atom stereocenters. The van der Waals surface area contributed by atoms with Gasteiger partial charge in [-0.1, -0.05) is 12.8 Å². The summed E-state index contributed by atoms with van der Waals surface area (Å²) >= 11 is 0. The predicted octanol–water partition coefficient (Wildman–Crippen LogP) is 3.13. The Hall–Kier alpha value is -1.22. The zero-order valence-corrected chi connectivity index (χ0v) is 11.6. The highest BCUT2D eigenvalue weighted by Gasteiger charge is 2.14. The van der Waals surface area contributed by atoms with Crippen molar-refractivity contribution in [3.8, 4) is 0 Å². The molecule has 1 N–H and O–H groups in total. The van der Waals surface area contributed by atoms with Crippen LogP contribution in [0.1, 0.15) is 25.7 Å². The molecule has 1 saturated carbocycles. The number of nitrogens with zero attached hydrogens (tertiary/aromatic N) is 1. The Bertz CT molecular complexity index is 378. The van der Waals surface area contributed by atoms with E-state index in [1.54, 1.807) is 0 Å². The predicted molar refractivity (Wildman–Crippen MR) is 79.9 cm³/mol. The van der Waals surface area contributed by atoms with Crippen LogP contribution in [0.25, 0.3) is 0 Å². The molecule has 104 valence electrons. The molecule has 2 aliphatic rings. The second kappa shape index (κ2) is 6.29. The van der Waals surface area contributed by atoms with E-state index in [2.05, 4.69) is 34.5 Å². The molecule has 0 radical (unpaired) electrons. The van der Waals surface area contributed by atoms with E-state index >= 15 is 0 Å². The van der Waals surface area contributed by atoms with Crippen LogP contribution in [-0.2, 0) is 4.74 Å². The summed E-state index contributed by atoms with van der Waals surface area (Å²) in [6.07, 6.45) is 5.64. The number of hydrogen-bond donors (Lipinski definition) is 1. The first-order chi connectivity index (χ1) is 9.42. The maximum absolute atomic E-state index is 5.39. The molecule has 0 bridgehead atoms. The highest BCUT2D eigenvalue weighted by molar-refractivity contribution is 5.55. The van der Waals surface area contributed by atoms with Gasteiger partial charge in [0, 0.05) is 31.0 Å². The smallest absolute Gasteiger partial charge is 0.0642 e. The van der Waals surface area contributed by atoms with Crippen molar-refractivity contribution >= 4 is 11.4 Å². The molecule has 0 aromatic heterocycles. The second-order valence-electron chi connectivity index (χ2n) is 5.68. The van der Waals surface area contributed by atoms with Crippen molar-refractivity contribution in [2.45, 2.75) is 25.7 Å². The molecule has 0 amide bonds. The molecule has 19 heavy (non-hydrogen) atoms. The number of ether oxygens (including phenoxy) is 1. The molecule has 1 saturated heterocycles. The van der Waals surface area contributed by atoms with E-state index in [4.69, 9.17) is 4.74 Å². The van der Waals surface area contributed by atoms with E-state index in [-0.39, 0.29) is 0 Å². The van der Waals surface area contributed by atoms with Crippen LogP contribution in [0.2, 0.25) is 0 Å². The van der Waals surface area contributed by atoms with Gasteiger partial charge in [0.05, 0.1) is 13.2 Å². The fraction of sp³-hybridized carbons (Fsp3) is 0.625. The van der Waals surface area contributed by atoms with Gasteiger partial charge in [0.25, 0.3) is 0 Å². The van der Waals surface area contributed by atoms with Crippen LogP contribution >= 0.6 is 0 Å². The fourth-order valence-corrected chi connectivity index (χ4v) is 3.09. The van der Waals surface area contributed by atoms with E-state index in [1.165, 1.54) is 37.1 Å². The van der Waals surface area contributed by atoms with Gasteiger partial charge in [-0.15, -0.1) is 0 Å². The molecule has 2 fully saturated rings. The van der Waals surface area contributed by atoms with E-state index in [0.717, 1.165) is 38.8 Å². The highest BCUT2D eigenvalue weighted by atomic mass is 16.5. The standard InChI is InChI=1S/C16H24N2O/c1-2-4-14(3-1)13-17-15-5-7-16(8-6-15)18-9-11-19-12-10-18/h5-8,14,17H,1-4,9-13H2. The van der Waals surface area contributed by atoms with Crippen LogP contribution in [0.4, 0.5) is 11.4 Å². The zero-order chi connectivity index (χ0) is 12.9. The Labute approximate surface area is 115 Å². The largest absolute Gasteiger partial charge is 0.385 e. The van der Waals surface area contributed by atoms with E-state index in [1.807, 2.05) is 0 Å². The lowest BCUT2D eigenvalue weighted by Gasteiger charge is -2.29. The maximum Gasteiger partial charge on any atom is 0.0642 e. The van der Waals surface area contributed by atoms with Gasteiger partial charge in [0.15, 0.2) is 0 Å². The summed E-state index contributed by atoms with van der Waals surface area (Å²) in [6.45, 7) is 4.85. The van der Waals surface area contributed by atoms with Gasteiger partial charge >= 0.3 is 0 Å². The van der Waals surface area contributed by atoms with Crippen molar-refractivity contribution in [3.05, 3.63) is 24.3 Å². The number of nitrogens with one attached hydrogen (secondary N) is 1. The first-order valence-electron chi connectivity index (χ1n) is 7.58. The molecule has 1 aliphatic heterocycles. The van der Waals surface area contributed by atoms with Crippen molar-refractivity contribution in [2.75, 3.05) is 43.1 Å². The number of benzene rings is 1. The van der Waals surface area contributed by atoms with Crippen molar-refractivity contribution in [1.29, 1.82) is 0 Å². The third-order valence-corrected chi connectivity index (χ3v) is 4.31. The molecular weight excluding hydrogens is 236 g/mol. The van der Waals surface area contributed by atoms with Gasteiger partial charge in [-0.3, -0.25) is 0 Å². The van der Waals surface area contributed by atoms with E-state index in [9.17, 15) is 0 Å². The average molecular weight is 260 g/mol. The Kier molecular flexibility index (Phi) is 4.23. The fourth-order valence-electron chi connectivity index (χ4n) is 3.09. The number of morpholine rings is 1. The number of hydrogen-bond acceptors (Lipinski definition) is 3. The molecule has 1 aromatic carbocycles. The first-order valence-corrected chi connectivity index (χ1v) is 7.58. The van der Waals surface area contributed by atoms with Gasteiger partial charge in [-0.25, -0.2) is 0 Å². The summed E-state index contributed by atoms with van der Waals surface area (Å²) in [6, 6.07) is 8.87. The minimum Gasteiger partial charge on any atom is -0.385 e. The molecule has 1 aromatic rings. The van der Waals surface area contributed by atoms with Crippen LogP contribution in [0.15, 0.2) is 24.3 Å². The maximum atomic E-state index is 5.39. The Morgan fingerprint density at radius 3 is 2.42 bits per heavy atom. The zero-order valence-electron chi connectivity index (χ0n) is 11.6. The lowest BCUT2D eigenvalue weighted by molar-refractivity contribution is 0.122. The van der Waals surface area contributed by atoms with Crippen molar-refractivity contribution in [1.82, 2.24) is 0 Å². The normalized spacial score (nSPS) is 20.7. The molecular formula is C16H24N2O. The third-order valence-electron chi connectivity index (χ3n) is 4.31. The minimum absolute atomic E-state index is 0.849. The molecule has 1 aliphatic carbocycles. The van der Waals surface area contributed by atoms with Crippen molar-refractivity contribution in [2.24, 2.45) is 5.92 Å². The second-order valence-corrected chi connectivity index (χ2v) is 5.68. The Morgan fingerprint density at radius 1 is 1.05 bits per heavy atom. The van der Waals surface area contributed by atoms with Gasteiger partial charge in [-0.2, -0.15) is 0 Å². The summed E-state index contributed by atoms with van der Waals surface area (Å²) in [4.78, 5) is 2.39. The summed E-state index contributed by atoms with van der Waals surface area (Å²) in [5, 5.41) is 3.57. The van der Waals surface area contributed by atoms with Crippen molar-refractivity contribution < 1.29 is 4.74 Å². The van der Waals surface area contributed by atoms with Gasteiger partial charge in [0.1, 0.15) is 0 Å². The topological polar surface area (TPSA) is 24.5 Å². The van der Waals surface area contributed by atoms with Crippen LogP contribution in [-0.4, -0.2) is 32.8 Å². The molecule has 3 heteroatoms.